The summed E-state index contributed by atoms with van der Waals surface area (Å²) in [6.07, 6.45) is -1.31. The van der Waals surface area contributed by atoms with Gasteiger partial charge in [-0.05, 0) is 75.5 Å². The van der Waals surface area contributed by atoms with E-state index in [0.717, 1.165) is 21.5 Å². The first-order valence-electron chi connectivity index (χ1n) is 24.3. The van der Waals surface area contributed by atoms with Crippen molar-refractivity contribution in [1.29, 1.82) is 0 Å². The van der Waals surface area contributed by atoms with Crippen LogP contribution >= 0.6 is 0 Å². The van der Waals surface area contributed by atoms with Crippen LogP contribution < -0.4 is 54.8 Å². The SMILES string of the molecule is NC(CC(=O)CCCC(=O)CC(N)C(=O)OCC(N)C(=O)Oc1ccccc1CC(N)C(=O)ONc1ccc2ccccc2c1)C(=O)OCC(N)C(=O)Oc1ccccc1CC(N)C(=O)ONc1ccc2ccccc2c1. The van der Waals surface area contributed by atoms with Crippen molar-refractivity contribution in [2.24, 2.45) is 34.4 Å². The molecule has 0 fully saturated rings. The zero-order valence-corrected chi connectivity index (χ0v) is 41.7. The van der Waals surface area contributed by atoms with Gasteiger partial charge in [-0.2, -0.15) is 0 Å². The van der Waals surface area contributed by atoms with Gasteiger partial charge in [0, 0.05) is 38.5 Å². The molecule has 77 heavy (non-hydrogen) atoms. The summed E-state index contributed by atoms with van der Waals surface area (Å²) in [6.45, 7) is -1.28. The van der Waals surface area contributed by atoms with Gasteiger partial charge in [-0.15, -0.1) is 0 Å². The fourth-order valence-electron chi connectivity index (χ4n) is 7.47. The van der Waals surface area contributed by atoms with Crippen LogP contribution in [0.2, 0.25) is 0 Å². The van der Waals surface area contributed by atoms with Gasteiger partial charge in [-0.3, -0.25) is 19.2 Å². The first-order valence-corrected chi connectivity index (χ1v) is 24.3. The number of Topliss-reactive ketones (excluding diaryl/α,β-unsaturated/α-hetero) is 2. The fraction of sp³-hybridized carbons (Fsp3) is 0.273. The van der Waals surface area contributed by atoms with E-state index in [1.54, 1.807) is 60.7 Å². The highest BCUT2D eigenvalue weighted by Gasteiger charge is 2.27. The maximum atomic E-state index is 12.9. The van der Waals surface area contributed by atoms with Crippen molar-refractivity contribution in [2.75, 3.05) is 24.2 Å². The molecule has 6 atom stereocenters. The summed E-state index contributed by atoms with van der Waals surface area (Å²) in [5.41, 5.74) is 42.9. The molecule has 6 aromatic carbocycles. The van der Waals surface area contributed by atoms with Crippen LogP contribution in [0.3, 0.4) is 0 Å². The molecule has 0 aliphatic heterocycles. The van der Waals surface area contributed by atoms with Gasteiger partial charge in [0.05, 0.1) is 11.4 Å². The minimum Gasteiger partial charge on any atom is -0.462 e. The van der Waals surface area contributed by atoms with Crippen molar-refractivity contribution in [3.05, 3.63) is 145 Å². The highest BCUT2D eigenvalue weighted by atomic mass is 16.7. The molecule has 404 valence electrons. The number of fused-ring (bicyclic) bond motifs is 2. The van der Waals surface area contributed by atoms with Crippen molar-refractivity contribution < 1.29 is 67.0 Å². The van der Waals surface area contributed by atoms with E-state index in [4.69, 9.17) is 63.0 Å². The Morgan fingerprint density at radius 1 is 0.390 bits per heavy atom. The second-order valence-electron chi connectivity index (χ2n) is 17.9. The van der Waals surface area contributed by atoms with Crippen molar-refractivity contribution in [2.45, 2.75) is 81.2 Å². The molecule has 0 heterocycles. The second-order valence-corrected chi connectivity index (χ2v) is 17.9. The zero-order valence-electron chi connectivity index (χ0n) is 41.7. The van der Waals surface area contributed by atoms with E-state index in [-0.39, 0.29) is 43.6 Å². The third kappa shape index (κ3) is 17.7. The smallest absolute Gasteiger partial charge is 0.348 e. The number of ketones is 2. The number of para-hydroxylation sites is 2. The molecule has 0 aliphatic carbocycles. The van der Waals surface area contributed by atoms with E-state index in [2.05, 4.69) is 11.0 Å². The molecule has 22 nitrogen and oxygen atoms in total. The number of nitrogens with one attached hydrogen (secondary N) is 2. The van der Waals surface area contributed by atoms with Crippen LogP contribution in [-0.4, -0.2) is 96.8 Å². The van der Waals surface area contributed by atoms with Gasteiger partial charge < -0.3 is 63.0 Å². The van der Waals surface area contributed by atoms with Crippen LogP contribution in [0, 0.1) is 0 Å². The van der Waals surface area contributed by atoms with E-state index in [0.29, 0.717) is 22.5 Å². The molecule has 0 saturated carbocycles. The number of benzene rings is 6. The summed E-state index contributed by atoms with van der Waals surface area (Å²) in [7, 11) is 0. The predicted octanol–water partition coefficient (Wildman–Crippen LogP) is 2.87. The molecule has 0 aliphatic rings. The predicted molar refractivity (Wildman–Crippen MR) is 282 cm³/mol. The summed E-state index contributed by atoms with van der Waals surface area (Å²) in [5.74, 6) is -6.38. The molecule has 0 saturated heterocycles. The molecular weight excluding hydrogens is 997 g/mol. The molecule has 0 spiro atoms. The van der Waals surface area contributed by atoms with Crippen molar-refractivity contribution >= 4 is 80.3 Å². The normalized spacial score (nSPS) is 13.4. The topological polar surface area (TPSA) is 372 Å². The number of anilines is 2. The lowest BCUT2D eigenvalue weighted by Crippen LogP contribution is -2.42. The summed E-state index contributed by atoms with van der Waals surface area (Å²) in [4.78, 5) is 112. The number of esters is 4. The van der Waals surface area contributed by atoms with Crippen LogP contribution in [0.1, 0.15) is 43.2 Å². The van der Waals surface area contributed by atoms with Gasteiger partial charge in [-0.25, -0.2) is 30.1 Å². The van der Waals surface area contributed by atoms with Gasteiger partial charge in [-0.1, -0.05) is 97.1 Å². The van der Waals surface area contributed by atoms with Gasteiger partial charge in [0.15, 0.2) is 0 Å². The van der Waals surface area contributed by atoms with Gasteiger partial charge in [0.2, 0.25) is 0 Å². The second kappa shape index (κ2) is 28.3. The van der Waals surface area contributed by atoms with Crippen LogP contribution in [0.4, 0.5) is 11.4 Å². The van der Waals surface area contributed by atoms with Gasteiger partial charge in [0.25, 0.3) is 0 Å². The summed E-state index contributed by atoms with van der Waals surface area (Å²) < 4.78 is 21.0. The number of nitrogens with two attached hydrogens (primary N) is 6. The number of carbonyl (C=O) groups excluding carboxylic acids is 8. The monoisotopic (exact) mass is 1060 g/mol. The maximum absolute atomic E-state index is 12.9. The minimum absolute atomic E-state index is 0.0418. The Hall–Kier alpha value is -8.64. The zero-order chi connectivity index (χ0) is 55.4. The molecule has 6 aromatic rings. The number of hydrogen-bond donors (Lipinski definition) is 8. The molecule has 0 amide bonds. The summed E-state index contributed by atoms with van der Waals surface area (Å²) >= 11 is 0. The highest BCUT2D eigenvalue weighted by Crippen LogP contribution is 2.24. The van der Waals surface area contributed by atoms with E-state index in [1.165, 1.54) is 12.1 Å². The summed E-state index contributed by atoms with van der Waals surface area (Å²) in [6, 6.07) is 30.7. The van der Waals surface area contributed by atoms with E-state index in [9.17, 15) is 38.4 Å². The Morgan fingerprint density at radius 2 is 0.753 bits per heavy atom. The molecule has 14 N–H and O–H groups in total. The van der Waals surface area contributed by atoms with Gasteiger partial charge in [0.1, 0.15) is 72.5 Å². The van der Waals surface area contributed by atoms with Crippen LogP contribution in [0.15, 0.2) is 133 Å². The lowest BCUT2D eigenvalue weighted by atomic mass is 10.0. The average molecular weight is 1060 g/mol. The molecule has 22 heteroatoms. The average Bonchev–Trinajstić information content (AvgIpc) is 3.42. The Kier molecular flexibility index (Phi) is 21.2. The lowest BCUT2D eigenvalue weighted by molar-refractivity contribution is -0.150. The molecule has 0 aromatic heterocycles. The van der Waals surface area contributed by atoms with Crippen molar-refractivity contribution in [1.82, 2.24) is 0 Å². The molecule has 0 bridgehead atoms. The number of hydrogen-bond acceptors (Lipinski definition) is 22. The first-order chi connectivity index (χ1) is 36.9. The number of ether oxygens (including phenoxy) is 4. The quantitative estimate of drug-likeness (QED) is 0.0151. The number of carbonyl (C=O) groups is 8. The molecule has 6 rings (SSSR count). The molecule has 0 radical (unpaired) electrons. The Morgan fingerprint density at radius 3 is 1.16 bits per heavy atom. The van der Waals surface area contributed by atoms with Crippen molar-refractivity contribution in [3.8, 4) is 11.5 Å². The summed E-state index contributed by atoms with van der Waals surface area (Å²) in [5, 5.41) is 3.88. The lowest BCUT2D eigenvalue weighted by Gasteiger charge is -2.17. The molecular formula is C55H60N8O14. The Labute approximate surface area is 441 Å². The van der Waals surface area contributed by atoms with Crippen molar-refractivity contribution in [3.63, 3.8) is 0 Å². The largest absolute Gasteiger partial charge is 0.462 e. The fourth-order valence-corrected chi connectivity index (χ4v) is 7.47. The number of rotatable bonds is 28. The van der Waals surface area contributed by atoms with E-state index >= 15 is 0 Å². The third-order valence-corrected chi connectivity index (χ3v) is 11.7. The Balaban J connectivity index is 0.829. The van der Waals surface area contributed by atoms with E-state index in [1.807, 2.05) is 60.7 Å². The Bertz CT molecular complexity index is 2880. The molecule has 6 unspecified atom stereocenters. The van der Waals surface area contributed by atoms with E-state index < -0.39 is 110 Å². The highest BCUT2D eigenvalue weighted by molar-refractivity contribution is 5.90. The third-order valence-electron chi connectivity index (χ3n) is 11.7. The van der Waals surface area contributed by atoms with Crippen LogP contribution in [-0.2, 0) is 70.3 Å². The van der Waals surface area contributed by atoms with Crippen LogP contribution in [0.25, 0.3) is 21.5 Å². The minimum atomic E-state index is -1.46. The standard InChI is InChI=1S/C55H60N8O14/c56-42(54(70)76-62-38-22-20-32-10-1-3-12-34(32)24-38)26-36-14-5-7-18-48(36)74-52(68)46(60)30-72-50(66)44(58)28-40(64)16-9-17-41(65)29-45(59)51(67)73-31-47(61)53(69)75-49-19-8-6-15-37(49)27-43(57)55(71)77-63-39-23-21-33-11-2-4-13-35(33)25-39/h1-8,10-15,18-25,42-47,62-63H,9,16-17,26-31,56-61H2. The maximum Gasteiger partial charge on any atom is 0.348 e. The van der Waals surface area contributed by atoms with Crippen LogP contribution in [0.5, 0.6) is 11.5 Å². The van der Waals surface area contributed by atoms with Gasteiger partial charge >= 0.3 is 35.8 Å². The first kappa shape index (κ1) is 57.6.